The second kappa shape index (κ2) is 6.26. The van der Waals surface area contributed by atoms with Gasteiger partial charge in [-0.2, -0.15) is 5.10 Å². The van der Waals surface area contributed by atoms with E-state index in [1.807, 2.05) is 17.7 Å². The summed E-state index contributed by atoms with van der Waals surface area (Å²) in [5.41, 5.74) is 5.92. The Labute approximate surface area is 132 Å². The van der Waals surface area contributed by atoms with Gasteiger partial charge in [-0.25, -0.2) is 5.43 Å². The maximum Gasteiger partial charge on any atom is 0.0894 e. The highest BCUT2D eigenvalue weighted by Crippen LogP contribution is 2.31. The number of aryl methyl sites for hydroxylation is 1. The highest BCUT2D eigenvalue weighted by atomic mass is 79.9. The van der Waals surface area contributed by atoms with Gasteiger partial charge in [-0.1, -0.05) is 33.6 Å². The van der Waals surface area contributed by atoms with E-state index in [-0.39, 0.29) is 12.1 Å². The number of nitrogens with two attached hydrogens (primary N) is 1. The van der Waals surface area contributed by atoms with Gasteiger partial charge in [-0.3, -0.25) is 10.5 Å². The second-order valence-electron chi connectivity index (χ2n) is 5.08. The van der Waals surface area contributed by atoms with E-state index in [0.717, 1.165) is 21.3 Å². The van der Waals surface area contributed by atoms with Gasteiger partial charge < -0.3 is 0 Å². The van der Waals surface area contributed by atoms with Crippen LogP contribution in [-0.4, -0.2) is 9.78 Å². The Kier molecular flexibility index (Phi) is 4.86. The van der Waals surface area contributed by atoms with Gasteiger partial charge in [-0.05, 0) is 44.0 Å². The van der Waals surface area contributed by atoms with E-state index in [1.54, 1.807) is 6.20 Å². The minimum absolute atomic E-state index is 0.205. The molecule has 3 N–H and O–H groups in total. The molecule has 108 valence electrons. The predicted octanol–water partition coefficient (Wildman–Crippen LogP) is 3.74. The molecule has 20 heavy (non-hydrogen) atoms. The Hall–Kier alpha value is -0.880. The van der Waals surface area contributed by atoms with Crippen LogP contribution < -0.4 is 11.3 Å². The van der Waals surface area contributed by atoms with Gasteiger partial charge in [0.2, 0.25) is 0 Å². The molecule has 0 spiro atoms. The summed E-state index contributed by atoms with van der Waals surface area (Å²) in [4.78, 5) is 0. The van der Waals surface area contributed by atoms with Crippen LogP contribution >= 0.6 is 27.5 Å². The lowest BCUT2D eigenvalue weighted by molar-refractivity contribution is 0.476. The molecular weight excluding hydrogens is 340 g/mol. The van der Waals surface area contributed by atoms with Crippen molar-refractivity contribution in [3.05, 3.63) is 50.7 Å². The van der Waals surface area contributed by atoms with Gasteiger partial charge in [0.15, 0.2) is 0 Å². The van der Waals surface area contributed by atoms with E-state index < -0.39 is 0 Å². The molecule has 0 amide bonds. The van der Waals surface area contributed by atoms with Crippen LogP contribution in [-0.2, 0) is 0 Å². The van der Waals surface area contributed by atoms with E-state index in [9.17, 15) is 0 Å². The number of nitrogens with one attached hydrogen (secondary N) is 1. The summed E-state index contributed by atoms with van der Waals surface area (Å²) in [7, 11) is 0. The summed E-state index contributed by atoms with van der Waals surface area (Å²) < 4.78 is 2.91. The van der Waals surface area contributed by atoms with Crippen LogP contribution in [0.15, 0.2) is 28.9 Å². The highest BCUT2D eigenvalue weighted by Gasteiger charge is 2.22. The van der Waals surface area contributed by atoms with Crippen LogP contribution in [0.3, 0.4) is 0 Å². The first-order chi connectivity index (χ1) is 9.43. The zero-order chi connectivity index (χ0) is 14.9. The summed E-state index contributed by atoms with van der Waals surface area (Å²) in [6.45, 7) is 6.17. The molecular formula is C14H18BrClN4. The lowest BCUT2D eigenvalue weighted by Gasteiger charge is -2.21. The van der Waals surface area contributed by atoms with E-state index in [4.69, 9.17) is 17.4 Å². The van der Waals surface area contributed by atoms with E-state index in [0.29, 0.717) is 5.02 Å². The third-order valence-corrected chi connectivity index (χ3v) is 3.86. The smallest absolute Gasteiger partial charge is 0.0894 e. The number of rotatable bonds is 4. The standard InChI is InChI=1S/C14H18BrClN4/c1-8(2)20-14(12(16)7-18-20)13(19-17)10-4-9(3)5-11(15)6-10/h4-8,13,19H,17H2,1-3H3. The van der Waals surface area contributed by atoms with E-state index in [1.165, 1.54) is 0 Å². The molecule has 2 rings (SSSR count). The van der Waals surface area contributed by atoms with Gasteiger partial charge in [0.05, 0.1) is 23.0 Å². The molecule has 0 fully saturated rings. The molecule has 6 heteroatoms. The van der Waals surface area contributed by atoms with Crippen LogP contribution in [0.5, 0.6) is 0 Å². The Bertz CT molecular complexity index is 589. The van der Waals surface area contributed by atoms with Crippen molar-refractivity contribution < 1.29 is 0 Å². The number of aromatic nitrogens is 2. The Morgan fingerprint density at radius 3 is 2.60 bits per heavy atom. The average Bonchev–Trinajstić information content (AvgIpc) is 2.72. The Morgan fingerprint density at radius 2 is 2.05 bits per heavy atom. The van der Waals surface area contributed by atoms with E-state index in [2.05, 4.69) is 52.4 Å². The van der Waals surface area contributed by atoms with Crippen molar-refractivity contribution in [1.29, 1.82) is 0 Å². The lowest BCUT2D eigenvalue weighted by atomic mass is 10.0. The van der Waals surface area contributed by atoms with Crippen molar-refractivity contribution in [2.75, 3.05) is 0 Å². The Morgan fingerprint density at radius 1 is 1.35 bits per heavy atom. The number of hydrogen-bond donors (Lipinski definition) is 2. The number of hydrogen-bond acceptors (Lipinski definition) is 3. The first-order valence-corrected chi connectivity index (χ1v) is 7.57. The summed E-state index contributed by atoms with van der Waals surface area (Å²) in [5.74, 6) is 5.77. The predicted molar refractivity (Wildman–Crippen MR) is 85.7 cm³/mol. The quantitative estimate of drug-likeness (QED) is 0.647. The van der Waals surface area contributed by atoms with Crippen LogP contribution in [0.4, 0.5) is 0 Å². The molecule has 1 atom stereocenters. The summed E-state index contributed by atoms with van der Waals surface area (Å²) in [5, 5.41) is 4.94. The topological polar surface area (TPSA) is 55.9 Å². The summed E-state index contributed by atoms with van der Waals surface area (Å²) in [6.07, 6.45) is 1.66. The molecule has 1 aromatic carbocycles. The minimum atomic E-state index is -0.205. The van der Waals surface area contributed by atoms with Crippen molar-refractivity contribution in [2.24, 2.45) is 5.84 Å². The third kappa shape index (κ3) is 3.06. The largest absolute Gasteiger partial charge is 0.271 e. The normalized spacial score (nSPS) is 12.9. The first kappa shape index (κ1) is 15.5. The van der Waals surface area contributed by atoms with Gasteiger partial charge in [0.25, 0.3) is 0 Å². The lowest BCUT2D eigenvalue weighted by Crippen LogP contribution is -2.31. The number of hydrazine groups is 1. The van der Waals surface area contributed by atoms with Gasteiger partial charge >= 0.3 is 0 Å². The van der Waals surface area contributed by atoms with Gasteiger partial charge in [0.1, 0.15) is 0 Å². The zero-order valence-electron chi connectivity index (χ0n) is 11.7. The van der Waals surface area contributed by atoms with Crippen LogP contribution in [0.25, 0.3) is 0 Å². The van der Waals surface area contributed by atoms with Crippen molar-refractivity contribution in [3.8, 4) is 0 Å². The molecule has 4 nitrogen and oxygen atoms in total. The molecule has 1 heterocycles. The molecule has 0 aliphatic carbocycles. The third-order valence-electron chi connectivity index (χ3n) is 3.11. The molecule has 0 bridgehead atoms. The summed E-state index contributed by atoms with van der Waals surface area (Å²) in [6, 6.07) is 6.18. The van der Waals surface area contributed by atoms with Crippen LogP contribution in [0.2, 0.25) is 5.02 Å². The molecule has 2 aromatic rings. The minimum Gasteiger partial charge on any atom is -0.271 e. The SMILES string of the molecule is Cc1cc(Br)cc(C(NN)c2c(Cl)cnn2C(C)C)c1. The monoisotopic (exact) mass is 356 g/mol. The number of benzene rings is 1. The molecule has 0 radical (unpaired) electrons. The van der Waals surface area contributed by atoms with Crippen molar-refractivity contribution in [1.82, 2.24) is 15.2 Å². The van der Waals surface area contributed by atoms with Crippen molar-refractivity contribution in [2.45, 2.75) is 32.9 Å². The molecule has 1 unspecified atom stereocenters. The zero-order valence-corrected chi connectivity index (χ0v) is 14.0. The molecule has 0 aliphatic heterocycles. The number of halogens is 2. The fourth-order valence-electron chi connectivity index (χ4n) is 2.30. The maximum absolute atomic E-state index is 6.30. The number of nitrogens with zero attached hydrogens (tertiary/aromatic N) is 2. The maximum atomic E-state index is 6.30. The molecule has 0 saturated heterocycles. The molecule has 1 aromatic heterocycles. The van der Waals surface area contributed by atoms with E-state index >= 15 is 0 Å². The Balaban J connectivity index is 2.55. The van der Waals surface area contributed by atoms with Crippen LogP contribution in [0.1, 0.15) is 42.8 Å². The fourth-order valence-corrected chi connectivity index (χ4v) is 3.16. The highest BCUT2D eigenvalue weighted by molar-refractivity contribution is 9.10. The second-order valence-corrected chi connectivity index (χ2v) is 6.40. The fraction of sp³-hybridized carbons (Fsp3) is 0.357. The van der Waals surface area contributed by atoms with Gasteiger partial charge in [-0.15, -0.1) is 0 Å². The van der Waals surface area contributed by atoms with Crippen molar-refractivity contribution >= 4 is 27.5 Å². The molecule has 0 aliphatic rings. The van der Waals surface area contributed by atoms with Crippen LogP contribution in [0, 0.1) is 6.92 Å². The van der Waals surface area contributed by atoms with Crippen molar-refractivity contribution in [3.63, 3.8) is 0 Å². The molecule has 0 saturated carbocycles. The first-order valence-electron chi connectivity index (χ1n) is 6.40. The average molecular weight is 358 g/mol. The summed E-state index contributed by atoms with van der Waals surface area (Å²) >= 11 is 9.82. The van der Waals surface area contributed by atoms with Gasteiger partial charge in [0, 0.05) is 10.5 Å².